The third-order valence-electron chi connectivity index (χ3n) is 1.37. The van der Waals surface area contributed by atoms with E-state index in [0.717, 1.165) is 15.6 Å². The Kier molecular flexibility index (Phi) is 2.73. The average molecular weight is 172 g/mol. The number of hydrogen-bond acceptors (Lipinski definition) is 4. The summed E-state index contributed by atoms with van der Waals surface area (Å²) >= 11 is 1.51. The van der Waals surface area contributed by atoms with Crippen LogP contribution in [0.5, 0.6) is 0 Å². The molecule has 4 heteroatoms. The van der Waals surface area contributed by atoms with Crippen molar-refractivity contribution in [2.75, 3.05) is 24.2 Å². The van der Waals surface area contributed by atoms with Crippen LogP contribution in [0.15, 0.2) is 6.07 Å². The summed E-state index contributed by atoms with van der Waals surface area (Å²) < 4.78 is 0. The highest BCUT2D eigenvalue weighted by Gasteiger charge is 1.99. The zero-order chi connectivity index (χ0) is 8.27. The summed E-state index contributed by atoms with van der Waals surface area (Å²) in [6.07, 6.45) is 0. The van der Waals surface area contributed by atoms with Crippen molar-refractivity contribution in [3.05, 3.63) is 11.6 Å². The maximum Gasteiger partial charge on any atom is 0.0907 e. The summed E-state index contributed by atoms with van der Waals surface area (Å²) in [6, 6.07) is 1.98. The molecule has 1 aromatic rings. The highest BCUT2D eigenvalue weighted by atomic mass is 32.1. The summed E-state index contributed by atoms with van der Waals surface area (Å²) in [5.41, 5.74) is 6.72. The molecule has 4 N–H and O–H groups in total. The van der Waals surface area contributed by atoms with Gasteiger partial charge in [-0.05, 0) is 18.6 Å². The summed E-state index contributed by atoms with van der Waals surface area (Å²) in [5.74, 6) is 0. The van der Waals surface area contributed by atoms with Crippen LogP contribution in [0.25, 0.3) is 0 Å². The first-order valence-corrected chi connectivity index (χ1v) is 4.26. The van der Waals surface area contributed by atoms with Crippen LogP contribution in [0.1, 0.15) is 5.56 Å². The van der Waals surface area contributed by atoms with Crippen molar-refractivity contribution in [3.63, 3.8) is 0 Å². The molecule has 0 aromatic carbocycles. The van der Waals surface area contributed by atoms with E-state index in [4.69, 9.17) is 10.8 Å². The number of aliphatic hydroxyl groups excluding tert-OH is 1. The smallest absolute Gasteiger partial charge is 0.0907 e. The van der Waals surface area contributed by atoms with E-state index in [2.05, 4.69) is 5.32 Å². The number of rotatable bonds is 3. The van der Waals surface area contributed by atoms with Crippen LogP contribution in [-0.2, 0) is 0 Å². The number of nitrogen functional groups attached to an aromatic ring is 1. The molecule has 0 aliphatic heterocycles. The van der Waals surface area contributed by atoms with Crippen LogP contribution in [0.2, 0.25) is 0 Å². The Morgan fingerprint density at radius 3 is 2.91 bits per heavy atom. The molecule has 0 amide bonds. The molecule has 11 heavy (non-hydrogen) atoms. The monoisotopic (exact) mass is 172 g/mol. The quantitative estimate of drug-likeness (QED) is 0.638. The fraction of sp³-hybridized carbons (Fsp3) is 0.429. The van der Waals surface area contributed by atoms with E-state index >= 15 is 0 Å². The summed E-state index contributed by atoms with van der Waals surface area (Å²) in [7, 11) is 0. The Hall–Kier alpha value is -0.740. The lowest BCUT2D eigenvalue weighted by Crippen LogP contribution is -2.03. The van der Waals surface area contributed by atoms with Crippen molar-refractivity contribution < 1.29 is 5.11 Å². The van der Waals surface area contributed by atoms with Gasteiger partial charge in [-0.2, -0.15) is 0 Å². The molecule has 62 valence electrons. The molecule has 0 spiro atoms. The molecule has 0 aliphatic carbocycles. The molecule has 1 heterocycles. The lowest BCUT2D eigenvalue weighted by molar-refractivity contribution is 0.311. The van der Waals surface area contributed by atoms with Gasteiger partial charge in [-0.1, -0.05) is 0 Å². The third kappa shape index (κ3) is 2.10. The van der Waals surface area contributed by atoms with Gasteiger partial charge >= 0.3 is 0 Å². The fourth-order valence-corrected chi connectivity index (χ4v) is 1.63. The summed E-state index contributed by atoms with van der Waals surface area (Å²) in [5, 5.41) is 13.4. The Morgan fingerprint density at radius 1 is 1.73 bits per heavy atom. The van der Waals surface area contributed by atoms with E-state index < -0.39 is 0 Å². The molecule has 0 saturated carbocycles. The number of thiophene rings is 1. The van der Waals surface area contributed by atoms with Crippen molar-refractivity contribution in [1.82, 2.24) is 0 Å². The normalized spacial score (nSPS) is 10.0. The minimum Gasteiger partial charge on any atom is -0.395 e. The number of nitrogens with one attached hydrogen (secondary N) is 1. The minimum absolute atomic E-state index is 0.150. The van der Waals surface area contributed by atoms with Crippen LogP contribution in [-0.4, -0.2) is 18.3 Å². The van der Waals surface area contributed by atoms with Gasteiger partial charge in [0.15, 0.2) is 0 Å². The van der Waals surface area contributed by atoms with E-state index in [1.54, 1.807) is 0 Å². The summed E-state index contributed by atoms with van der Waals surface area (Å²) in [6.45, 7) is 2.70. The molecule has 3 nitrogen and oxygen atoms in total. The van der Waals surface area contributed by atoms with Gasteiger partial charge in [0.25, 0.3) is 0 Å². The first-order chi connectivity index (χ1) is 5.24. The second kappa shape index (κ2) is 3.59. The molecule has 0 aliphatic rings. The number of aliphatic hydroxyl groups is 1. The lowest BCUT2D eigenvalue weighted by Gasteiger charge is -1.97. The minimum atomic E-state index is 0.150. The van der Waals surface area contributed by atoms with Crippen molar-refractivity contribution in [2.45, 2.75) is 6.92 Å². The molecular formula is C7H12N2OS. The highest BCUT2D eigenvalue weighted by Crippen LogP contribution is 2.28. The lowest BCUT2D eigenvalue weighted by atomic mass is 10.3. The maximum absolute atomic E-state index is 8.51. The Labute approximate surface area is 69.9 Å². The first-order valence-electron chi connectivity index (χ1n) is 3.44. The number of anilines is 2. The standard InChI is InChI=1S/C7H12N2OS/c1-5-4-6(9-2-3-10)11-7(5)8/h4,9-10H,2-3,8H2,1H3. The van der Waals surface area contributed by atoms with Crippen LogP contribution >= 0.6 is 11.3 Å². The van der Waals surface area contributed by atoms with Crippen LogP contribution in [0.4, 0.5) is 10.0 Å². The van der Waals surface area contributed by atoms with Gasteiger partial charge < -0.3 is 16.2 Å². The molecule has 0 fully saturated rings. The molecular weight excluding hydrogens is 160 g/mol. The van der Waals surface area contributed by atoms with Crippen LogP contribution in [0, 0.1) is 6.92 Å². The number of hydrogen-bond donors (Lipinski definition) is 3. The van der Waals surface area contributed by atoms with E-state index in [0.29, 0.717) is 6.54 Å². The first kappa shape index (κ1) is 8.36. The molecule has 0 atom stereocenters. The molecule has 0 bridgehead atoms. The largest absolute Gasteiger partial charge is 0.395 e. The maximum atomic E-state index is 8.51. The topological polar surface area (TPSA) is 58.3 Å². The van der Waals surface area contributed by atoms with Gasteiger partial charge in [0.1, 0.15) is 0 Å². The second-order valence-corrected chi connectivity index (χ2v) is 3.39. The SMILES string of the molecule is Cc1cc(NCCO)sc1N. The average Bonchev–Trinajstić information content (AvgIpc) is 2.28. The zero-order valence-corrected chi connectivity index (χ0v) is 7.24. The van der Waals surface area contributed by atoms with Crippen molar-refractivity contribution >= 4 is 21.3 Å². The predicted molar refractivity (Wildman–Crippen MR) is 49.0 cm³/mol. The molecule has 1 rings (SSSR count). The third-order valence-corrected chi connectivity index (χ3v) is 2.39. The van der Waals surface area contributed by atoms with Gasteiger partial charge in [-0.15, -0.1) is 11.3 Å². The zero-order valence-electron chi connectivity index (χ0n) is 6.42. The fourth-order valence-electron chi connectivity index (χ4n) is 0.762. The van der Waals surface area contributed by atoms with Gasteiger partial charge in [0.05, 0.1) is 16.6 Å². The second-order valence-electron chi connectivity index (χ2n) is 2.31. The number of aryl methyl sites for hydroxylation is 1. The molecule has 0 unspecified atom stereocenters. The van der Waals surface area contributed by atoms with Gasteiger partial charge in [-0.25, -0.2) is 0 Å². The van der Waals surface area contributed by atoms with Gasteiger partial charge in [-0.3, -0.25) is 0 Å². The van der Waals surface area contributed by atoms with E-state index in [1.165, 1.54) is 11.3 Å². The molecule has 0 radical (unpaired) electrons. The van der Waals surface area contributed by atoms with Gasteiger partial charge in [0, 0.05) is 6.54 Å². The van der Waals surface area contributed by atoms with Crippen molar-refractivity contribution in [2.24, 2.45) is 0 Å². The van der Waals surface area contributed by atoms with Crippen molar-refractivity contribution in [1.29, 1.82) is 0 Å². The van der Waals surface area contributed by atoms with E-state index in [1.807, 2.05) is 13.0 Å². The molecule has 0 saturated heterocycles. The highest BCUT2D eigenvalue weighted by molar-refractivity contribution is 7.20. The Bertz CT molecular complexity index is 215. The molecule has 1 aromatic heterocycles. The van der Waals surface area contributed by atoms with Gasteiger partial charge in [0.2, 0.25) is 0 Å². The van der Waals surface area contributed by atoms with E-state index in [9.17, 15) is 0 Å². The number of nitrogens with two attached hydrogens (primary N) is 1. The Morgan fingerprint density at radius 2 is 2.45 bits per heavy atom. The van der Waals surface area contributed by atoms with Crippen molar-refractivity contribution in [3.8, 4) is 0 Å². The summed E-state index contributed by atoms with van der Waals surface area (Å²) in [4.78, 5) is 0. The van der Waals surface area contributed by atoms with Crippen LogP contribution < -0.4 is 11.1 Å². The van der Waals surface area contributed by atoms with Crippen LogP contribution in [0.3, 0.4) is 0 Å². The predicted octanol–water partition coefficient (Wildman–Crippen LogP) is 1.04. The van der Waals surface area contributed by atoms with E-state index in [-0.39, 0.29) is 6.61 Å². The Balaban J connectivity index is 2.58.